The molecule has 2 rings (SSSR count). The fraction of sp³-hybridized carbons (Fsp3) is 0.500. The third kappa shape index (κ3) is 3.01. The van der Waals surface area contributed by atoms with Crippen LogP contribution in [0.5, 0.6) is 0 Å². The molecule has 104 valence electrons. The summed E-state index contributed by atoms with van der Waals surface area (Å²) in [5.74, 6) is -0.353. The Morgan fingerprint density at radius 2 is 2.26 bits per heavy atom. The molecule has 0 saturated heterocycles. The minimum Gasteiger partial charge on any atom is -0.381 e. The van der Waals surface area contributed by atoms with Crippen molar-refractivity contribution in [3.05, 3.63) is 29.3 Å². The van der Waals surface area contributed by atoms with Crippen molar-refractivity contribution < 1.29 is 9.53 Å². The number of nitrogens with one attached hydrogen (secondary N) is 1. The molecule has 0 aromatic heterocycles. The summed E-state index contributed by atoms with van der Waals surface area (Å²) in [4.78, 5) is 11.9. The van der Waals surface area contributed by atoms with Gasteiger partial charge in [-0.05, 0) is 31.4 Å². The molecule has 0 spiro atoms. The summed E-state index contributed by atoms with van der Waals surface area (Å²) < 4.78 is 5.38. The highest BCUT2D eigenvalue weighted by molar-refractivity contribution is 6.33. The van der Waals surface area contributed by atoms with E-state index in [9.17, 15) is 4.79 Å². The van der Waals surface area contributed by atoms with Gasteiger partial charge in [-0.25, -0.2) is 0 Å². The average molecular weight is 283 g/mol. The number of anilines is 1. The van der Waals surface area contributed by atoms with Crippen LogP contribution in [-0.2, 0) is 9.53 Å². The highest BCUT2D eigenvalue weighted by Crippen LogP contribution is 2.35. The van der Waals surface area contributed by atoms with Gasteiger partial charge in [0.05, 0.1) is 16.8 Å². The first-order valence-corrected chi connectivity index (χ1v) is 6.80. The van der Waals surface area contributed by atoms with Gasteiger partial charge in [0.15, 0.2) is 0 Å². The summed E-state index contributed by atoms with van der Waals surface area (Å²) in [7, 11) is 1.66. The average Bonchev–Trinajstić information content (AvgIpc) is 2.41. The zero-order valence-electron chi connectivity index (χ0n) is 11.0. The van der Waals surface area contributed by atoms with Crippen molar-refractivity contribution in [2.75, 3.05) is 12.4 Å². The number of hydrogen-bond donors (Lipinski definition) is 2. The summed E-state index contributed by atoms with van der Waals surface area (Å²) >= 11 is 6.13. The van der Waals surface area contributed by atoms with Crippen LogP contribution >= 0.6 is 11.6 Å². The number of primary amides is 1. The maximum absolute atomic E-state index is 11.9. The van der Waals surface area contributed by atoms with E-state index in [1.165, 1.54) is 0 Å². The first-order chi connectivity index (χ1) is 9.07. The molecule has 2 unspecified atom stereocenters. The van der Waals surface area contributed by atoms with Crippen molar-refractivity contribution in [3.8, 4) is 0 Å². The molecule has 4 nitrogen and oxygen atoms in total. The molecule has 1 aromatic rings. The number of hydrogen-bond acceptors (Lipinski definition) is 3. The van der Waals surface area contributed by atoms with E-state index in [1.54, 1.807) is 13.2 Å². The van der Waals surface area contributed by atoms with E-state index in [4.69, 9.17) is 22.1 Å². The Morgan fingerprint density at radius 1 is 1.53 bits per heavy atom. The summed E-state index contributed by atoms with van der Waals surface area (Å²) in [6.45, 7) is 0. The number of nitrogens with two attached hydrogens (primary N) is 1. The van der Waals surface area contributed by atoms with Crippen molar-refractivity contribution in [2.24, 2.45) is 5.73 Å². The maximum Gasteiger partial charge on any atom is 0.243 e. The zero-order chi connectivity index (χ0) is 13.9. The first-order valence-electron chi connectivity index (χ1n) is 6.43. The third-order valence-corrected chi connectivity index (χ3v) is 4.09. The van der Waals surface area contributed by atoms with Gasteiger partial charge in [-0.1, -0.05) is 23.7 Å². The van der Waals surface area contributed by atoms with Crippen LogP contribution in [0, 0.1) is 0 Å². The van der Waals surface area contributed by atoms with E-state index in [-0.39, 0.29) is 12.0 Å². The molecule has 0 bridgehead atoms. The molecule has 1 aromatic carbocycles. The molecule has 5 heteroatoms. The van der Waals surface area contributed by atoms with E-state index in [0.717, 1.165) is 18.5 Å². The molecule has 0 aliphatic heterocycles. The first kappa shape index (κ1) is 14.2. The van der Waals surface area contributed by atoms with Crippen LogP contribution < -0.4 is 11.1 Å². The number of halogens is 1. The van der Waals surface area contributed by atoms with Gasteiger partial charge in [0, 0.05) is 13.5 Å². The molecule has 1 saturated carbocycles. The predicted molar refractivity (Wildman–Crippen MR) is 76.3 cm³/mol. The zero-order valence-corrected chi connectivity index (χ0v) is 11.7. The van der Waals surface area contributed by atoms with Crippen LogP contribution in [-0.4, -0.2) is 24.7 Å². The number of para-hydroxylation sites is 1. The normalized spacial score (nSPS) is 26.9. The van der Waals surface area contributed by atoms with Crippen molar-refractivity contribution in [1.29, 1.82) is 0 Å². The summed E-state index contributed by atoms with van der Waals surface area (Å²) in [5, 5.41) is 3.83. The Morgan fingerprint density at radius 3 is 2.89 bits per heavy atom. The maximum atomic E-state index is 11.9. The molecular weight excluding hydrogens is 264 g/mol. The molecule has 0 radical (unpaired) electrons. The number of carbonyl (C=O) groups is 1. The molecule has 1 aliphatic rings. The lowest BCUT2D eigenvalue weighted by Crippen LogP contribution is -2.54. The minimum atomic E-state index is -0.774. The molecule has 2 atom stereocenters. The van der Waals surface area contributed by atoms with Gasteiger partial charge in [-0.3, -0.25) is 4.79 Å². The molecule has 1 fully saturated rings. The van der Waals surface area contributed by atoms with Crippen molar-refractivity contribution >= 4 is 23.2 Å². The van der Waals surface area contributed by atoms with E-state index in [2.05, 4.69) is 5.32 Å². The number of benzene rings is 1. The predicted octanol–water partition coefficient (Wildman–Crippen LogP) is 2.57. The monoisotopic (exact) mass is 282 g/mol. The lowest BCUT2D eigenvalue weighted by molar-refractivity contribution is -0.125. The molecule has 19 heavy (non-hydrogen) atoms. The molecule has 1 aliphatic carbocycles. The SMILES string of the molecule is COC1CCCC(Nc2ccccc2Cl)(C(N)=O)C1. The van der Waals surface area contributed by atoms with Crippen molar-refractivity contribution in [2.45, 2.75) is 37.3 Å². The Balaban J connectivity index is 2.25. The van der Waals surface area contributed by atoms with Gasteiger partial charge in [-0.15, -0.1) is 0 Å². The van der Waals surface area contributed by atoms with E-state index < -0.39 is 5.54 Å². The second-order valence-electron chi connectivity index (χ2n) is 5.01. The van der Waals surface area contributed by atoms with E-state index in [0.29, 0.717) is 17.9 Å². The van der Waals surface area contributed by atoms with Gasteiger partial charge < -0.3 is 15.8 Å². The van der Waals surface area contributed by atoms with Gasteiger partial charge in [-0.2, -0.15) is 0 Å². The van der Waals surface area contributed by atoms with Crippen LogP contribution in [0.2, 0.25) is 5.02 Å². The highest BCUT2D eigenvalue weighted by Gasteiger charge is 2.41. The quantitative estimate of drug-likeness (QED) is 0.892. The topological polar surface area (TPSA) is 64.3 Å². The Hall–Kier alpha value is -1.26. The fourth-order valence-electron chi connectivity index (χ4n) is 2.64. The van der Waals surface area contributed by atoms with Crippen molar-refractivity contribution in [1.82, 2.24) is 0 Å². The smallest absolute Gasteiger partial charge is 0.243 e. The van der Waals surface area contributed by atoms with Crippen LogP contribution in [0.15, 0.2) is 24.3 Å². The number of ether oxygens (including phenoxy) is 1. The van der Waals surface area contributed by atoms with Gasteiger partial charge >= 0.3 is 0 Å². The third-order valence-electron chi connectivity index (χ3n) is 3.76. The molecular formula is C14H19ClN2O2. The standard InChI is InChI=1S/C14H19ClN2O2/c1-19-10-5-4-8-14(9-10,13(16)18)17-12-7-3-2-6-11(12)15/h2-3,6-7,10,17H,4-5,8-9H2,1H3,(H2,16,18). The fourth-order valence-corrected chi connectivity index (χ4v) is 2.83. The van der Waals surface area contributed by atoms with Gasteiger partial charge in [0.2, 0.25) is 5.91 Å². The van der Waals surface area contributed by atoms with Gasteiger partial charge in [0.25, 0.3) is 0 Å². The lowest BCUT2D eigenvalue weighted by Gasteiger charge is -2.39. The summed E-state index contributed by atoms with van der Waals surface area (Å²) in [6.07, 6.45) is 3.18. The summed E-state index contributed by atoms with van der Waals surface area (Å²) in [5.41, 5.74) is 5.58. The number of rotatable bonds is 4. The largest absolute Gasteiger partial charge is 0.381 e. The van der Waals surface area contributed by atoms with Crippen LogP contribution in [0.1, 0.15) is 25.7 Å². The number of amides is 1. The second kappa shape index (κ2) is 5.80. The van der Waals surface area contributed by atoms with Crippen LogP contribution in [0.25, 0.3) is 0 Å². The minimum absolute atomic E-state index is 0.0521. The summed E-state index contributed by atoms with van der Waals surface area (Å²) in [6, 6.07) is 7.36. The van der Waals surface area contributed by atoms with Gasteiger partial charge in [0.1, 0.15) is 5.54 Å². The molecule has 1 amide bonds. The Bertz CT molecular complexity index is 467. The number of carbonyl (C=O) groups excluding carboxylic acids is 1. The second-order valence-corrected chi connectivity index (χ2v) is 5.41. The van der Waals surface area contributed by atoms with E-state index in [1.807, 2.05) is 18.2 Å². The van der Waals surface area contributed by atoms with Crippen LogP contribution in [0.3, 0.4) is 0 Å². The molecule has 3 N–H and O–H groups in total. The Labute approximate surface area is 118 Å². The Kier molecular flexibility index (Phi) is 4.32. The lowest BCUT2D eigenvalue weighted by atomic mass is 9.79. The van der Waals surface area contributed by atoms with Crippen molar-refractivity contribution in [3.63, 3.8) is 0 Å². The highest BCUT2D eigenvalue weighted by atomic mass is 35.5. The van der Waals surface area contributed by atoms with E-state index >= 15 is 0 Å². The number of methoxy groups -OCH3 is 1. The van der Waals surface area contributed by atoms with Crippen LogP contribution in [0.4, 0.5) is 5.69 Å². The molecule has 0 heterocycles.